The number of phenols is 1. The van der Waals surface area contributed by atoms with E-state index in [1.807, 2.05) is 0 Å². The number of alkyl halides is 3. The number of carboxylic acid groups (broad SMARTS) is 1. The maximum atomic E-state index is 13.8. The number of hydrogen-bond donors (Lipinski definition) is 3. The molecule has 2 aromatic carbocycles. The van der Waals surface area contributed by atoms with Crippen LogP contribution in [0.5, 0.6) is 11.5 Å². The van der Waals surface area contributed by atoms with Crippen molar-refractivity contribution in [2.45, 2.75) is 24.7 Å². The number of anilines is 2. The number of carbonyl (C=O) groups is 2. The lowest BCUT2D eigenvalue weighted by molar-refractivity contribution is -0.192. The summed E-state index contributed by atoms with van der Waals surface area (Å²) in [5.41, 5.74) is 1.42. The molecule has 1 fully saturated rings. The van der Waals surface area contributed by atoms with Crippen LogP contribution in [0.3, 0.4) is 0 Å². The number of nitrogens with zero attached hydrogens (tertiary/aromatic N) is 3. The van der Waals surface area contributed by atoms with Crippen molar-refractivity contribution >= 4 is 23.8 Å². The molecule has 2 atom stereocenters. The van der Waals surface area contributed by atoms with Gasteiger partial charge in [0.05, 0.1) is 24.0 Å². The molecule has 0 aliphatic carbocycles. The van der Waals surface area contributed by atoms with Crippen LogP contribution in [0, 0.1) is 11.6 Å². The number of nitrogens with one attached hydrogen (secondary N) is 1. The Balaban J connectivity index is 0.000000426. The van der Waals surface area contributed by atoms with Crippen molar-refractivity contribution in [2.75, 3.05) is 23.3 Å². The van der Waals surface area contributed by atoms with E-state index >= 15 is 0 Å². The summed E-state index contributed by atoms with van der Waals surface area (Å²) < 4.78 is 65.3. The molecule has 3 heterocycles. The fraction of sp³-hybridized carbons (Fsp3) is 0.250. The quantitative estimate of drug-likeness (QED) is 0.334. The zero-order valence-corrected chi connectivity index (χ0v) is 19.2. The first-order chi connectivity index (χ1) is 18.0. The van der Waals surface area contributed by atoms with Gasteiger partial charge in [0, 0.05) is 30.2 Å². The Labute approximate surface area is 211 Å². The molecule has 9 nitrogen and oxygen atoms in total. The van der Waals surface area contributed by atoms with Gasteiger partial charge in [0.2, 0.25) is 0 Å². The highest BCUT2D eigenvalue weighted by atomic mass is 19.4. The second kappa shape index (κ2) is 10.5. The van der Waals surface area contributed by atoms with Crippen molar-refractivity contribution in [3.05, 3.63) is 59.7 Å². The van der Waals surface area contributed by atoms with Gasteiger partial charge >= 0.3 is 12.1 Å². The summed E-state index contributed by atoms with van der Waals surface area (Å²) in [7, 11) is 0. The number of aldehydes is 1. The van der Waals surface area contributed by atoms with E-state index in [1.165, 1.54) is 0 Å². The Morgan fingerprint density at radius 3 is 2.45 bits per heavy atom. The third kappa shape index (κ3) is 5.74. The van der Waals surface area contributed by atoms with Gasteiger partial charge in [0.1, 0.15) is 24.0 Å². The Bertz CT molecular complexity index is 1350. The summed E-state index contributed by atoms with van der Waals surface area (Å²) in [5, 5.41) is 28.6. The fourth-order valence-corrected chi connectivity index (χ4v) is 4.10. The van der Waals surface area contributed by atoms with E-state index in [-0.39, 0.29) is 23.4 Å². The van der Waals surface area contributed by atoms with Crippen molar-refractivity contribution in [1.82, 2.24) is 10.2 Å². The van der Waals surface area contributed by atoms with Gasteiger partial charge in [-0.3, -0.25) is 4.79 Å². The minimum Gasteiger partial charge on any atom is -0.504 e. The van der Waals surface area contributed by atoms with Gasteiger partial charge in [-0.05, 0) is 36.4 Å². The van der Waals surface area contributed by atoms with Gasteiger partial charge in [-0.15, -0.1) is 10.2 Å². The Kier molecular flexibility index (Phi) is 7.32. The second-order valence-electron chi connectivity index (χ2n) is 8.40. The first-order valence-corrected chi connectivity index (χ1v) is 11.0. The van der Waals surface area contributed by atoms with Gasteiger partial charge < -0.3 is 25.2 Å². The number of carbonyl (C=O) groups excluding carboxylic acids is 1. The Morgan fingerprint density at radius 1 is 1.13 bits per heavy atom. The van der Waals surface area contributed by atoms with Crippen LogP contribution in [0.15, 0.2) is 42.5 Å². The molecule has 0 unspecified atom stereocenters. The number of phenolic OH excluding ortho intramolecular Hbond substituents is 1. The van der Waals surface area contributed by atoms with E-state index < -0.39 is 29.5 Å². The number of ether oxygens (including phenoxy) is 1. The molecule has 2 aliphatic rings. The van der Waals surface area contributed by atoms with E-state index in [0.29, 0.717) is 36.3 Å². The highest BCUT2D eigenvalue weighted by molar-refractivity contribution is 5.77. The first kappa shape index (κ1) is 26.6. The molecule has 0 amide bonds. The zero-order valence-electron chi connectivity index (χ0n) is 19.2. The lowest BCUT2D eigenvalue weighted by Crippen LogP contribution is -2.40. The predicted octanol–water partition coefficient (Wildman–Crippen LogP) is 4.03. The molecule has 200 valence electrons. The smallest absolute Gasteiger partial charge is 0.490 e. The molecular formula is C24H19F5N4O5. The normalized spacial score (nSPS) is 17.9. The van der Waals surface area contributed by atoms with Crippen LogP contribution in [-0.2, 0) is 4.79 Å². The molecule has 3 aromatic rings. The molecule has 2 aliphatic heterocycles. The number of aromatic hydroxyl groups is 1. The number of rotatable bonds is 4. The second-order valence-corrected chi connectivity index (χ2v) is 8.40. The average molecular weight is 538 g/mol. The van der Waals surface area contributed by atoms with Gasteiger partial charge in [-0.1, -0.05) is 0 Å². The lowest BCUT2D eigenvalue weighted by Gasteiger charge is -2.33. The van der Waals surface area contributed by atoms with Crippen molar-refractivity contribution in [1.29, 1.82) is 0 Å². The van der Waals surface area contributed by atoms with Crippen molar-refractivity contribution in [2.24, 2.45) is 0 Å². The van der Waals surface area contributed by atoms with Crippen molar-refractivity contribution in [3.8, 4) is 22.8 Å². The van der Waals surface area contributed by atoms with Gasteiger partial charge in [-0.2, -0.15) is 13.2 Å². The van der Waals surface area contributed by atoms with Crippen LogP contribution < -0.4 is 15.0 Å². The van der Waals surface area contributed by atoms with Crippen LogP contribution in [-0.4, -0.2) is 64.1 Å². The summed E-state index contributed by atoms with van der Waals surface area (Å²) in [4.78, 5) is 21.8. The number of benzene rings is 2. The van der Waals surface area contributed by atoms with Gasteiger partial charge in [-0.25, -0.2) is 13.6 Å². The molecule has 0 spiro atoms. The minimum absolute atomic E-state index is 0.0582. The van der Waals surface area contributed by atoms with Crippen LogP contribution >= 0.6 is 0 Å². The van der Waals surface area contributed by atoms with E-state index in [2.05, 4.69) is 20.4 Å². The molecule has 1 saturated heterocycles. The summed E-state index contributed by atoms with van der Waals surface area (Å²) in [6.07, 6.45) is -3.63. The molecule has 0 bridgehead atoms. The zero-order chi connectivity index (χ0) is 27.6. The molecule has 38 heavy (non-hydrogen) atoms. The topological polar surface area (TPSA) is 125 Å². The molecule has 0 radical (unpaired) electrons. The molecular weight excluding hydrogens is 519 g/mol. The highest BCUT2D eigenvalue weighted by Crippen LogP contribution is 2.39. The van der Waals surface area contributed by atoms with Crippen LogP contribution in [0.2, 0.25) is 0 Å². The maximum Gasteiger partial charge on any atom is 0.490 e. The number of aliphatic carboxylic acids is 1. The third-order valence-corrected chi connectivity index (χ3v) is 5.83. The first-order valence-electron chi connectivity index (χ1n) is 11.0. The third-order valence-electron chi connectivity index (χ3n) is 5.83. The number of aromatic nitrogens is 2. The standard InChI is InChI=1S/C22H18F2N4O3.C2HF3O2/c23-13-5-17(21(30)18(24)6-13)19-8-20-22(27-26-19)25-9-14-7-16(10-28(14)20)31-15-3-1-12(11-29)2-4-15;3-2(4,5)1(6)7/h1-6,8,11,14,16,30H,7,9-10H2,(H,25,27);(H,6,7)/t14-,16-;/m1./s1. The van der Waals surface area contributed by atoms with E-state index in [4.69, 9.17) is 14.6 Å². The average Bonchev–Trinajstić information content (AvgIpc) is 3.29. The molecule has 3 N–H and O–H groups in total. The minimum atomic E-state index is -5.08. The van der Waals surface area contributed by atoms with Gasteiger partial charge in [0.15, 0.2) is 17.4 Å². The number of carboxylic acids is 1. The SMILES string of the molecule is O=C(O)C(F)(F)F.O=Cc1ccc(O[C@@H]2C[C@@H]3CNc4nnc(-c5cc(F)cc(F)c5O)cc4N3C2)cc1. The lowest BCUT2D eigenvalue weighted by atomic mass is 10.1. The predicted molar refractivity (Wildman–Crippen MR) is 123 cm³/mol. The van der Waals surface area contributed by atoms with E-state index in [0.717, 1.165) is 24.5 Å². The number of hydrogen-bond acceptors (Lipinski definition) is 8. The fourth-order valence-electron chi connectivity index (χ4n) is 4.10. The van der Waals surface area contributed by atoms with E-state index in [1.54, 1.807) is 30.3 Å². The highest BCUT2D eigenvalue weighted by Gasteiger charge is 2.39. The molecule has 14 heteroatoms. The molecule has 1 aromatic heterocycles. The van der Waals surface area contributed by atoms with Crippen LogP contribution in [0.4, 0.5) is 33.5 Å². The summed E-state index contributed by atoms with van der Waals surface area (Å²) in [6, 6.07) is 10.4. The molecule has 0 saturated carbocycles. The number of fused-ring (bicyclic) bond motifs is 3. The largest absolute Gasteiger partial charge is 0.504 e. The summed E-state index contributed by atoms with van der Waals surface area (Å²) in [6.45, 7) is 1.24. The van der Waals surface area contributed by atoms with Crippen molar-refractivity contribution < 1.29 is 46.5 Å². The van der Waals surface area contributed by atoms with Crippen LogP contribution in [0.25, 0.3) is 11.3 Å². The van der Waals surface area contributed by atoms with Crippen LogP contribution in [0.1, 0.15) is 16.8 Å². The number of halogens is 5. The van der Waals surface area contributed by atoms with Gasteiger partial charge in [0.25, 0.3) is 0 Å². The maximum absolute atomic E-state index is 13.8. The van der Waals surface area contributed by atoms with E-state index in [9.17, 15) is 31.9 Å². The monoisotopic (exact) mass is 538 g/mol. The van der Waals surface area contributed by atoms with Crippen molar-refractivity contribution in [3.63, 3.8) is 0 Å². The summed E-state index contributed by atoms with van der Waals surface area (Å²) >= 11 is 0. The Hall–Kier alpha value is -4.49. The summed E-state index contributed by atoms with van der Waals surface area (Å²) in [5.74, 6) is -4.05. The molecule has 5 rings (SSSR count). The Morgan fingerprint density at radius 2 is 1.82 bits per heavy atom.